The SMILES string of the molecule is CCN(C(=O)c1ccccc1)N(C(=O)c1ccc(OC)cc1)C(C)(C)C. The first-order chi connectivity index (χ1) is 12.3. The molecule has 0 unspecified atom stereocenters. The summed E-state index contributed by atoms with van der Waals surface area (Å²) in [5.41, 5.74) is 0.475. The molecule has 2 aromatic carbocycles. The minimum absolute atomic E-state index is 0.204. The van der Waals surface area contributed by atoms with Crippen LogP contribution in [0.25, 0.3) is 0 Å². The fourth-order valence-corrected chi connectivity index (χ4v) is 2.74. The number of carbonyl (C=O) groups excluding carboxylic acids is 2. The summed E-state index contributed by atoms with van der Waals surface area (Å²) in [5.74, 6) is 0.243. The third-order valence-electron chi connectivity index (χ3n) is 3.96. The van der Waals surface area contributed by atoms with E-state index in [1.807, 2.05) is 45.9 Å². The van der Waals surface area contributed by atoms with Crippen LogP contribution in [0.1, 0.15) is 48.4 Å². The molecule has 0 aromatic heterocycles. The van der Waals surface area contributed by atoms with Crippen molar-refractivity contribution in [3.8, 4) is 5.75 Å². The van der Waals surface area contributed by atoms with E-state index in [0.29, 0.717) is 23.4 Å². The van der Waals surface area contributed by atoms with Crippen LogP contribution in [0.3, 0.4) is 0 Å². The summed E-state index contributed by atoms with van der Waals surface area (Å²) in [6, 6.07) is 15.9. The second-order valence-electron chi connectivity index (χ2n) is 6.90. The standard InChI is InChI=1S/C21H26N2O3/c1-6-22(19(24)16-10-8-7-9-11-16)23(21(2,3)4)20(25)17-12-14-18(26-5)15-13-17/h7-15H,6H2,1-5H3. The molecule has 0 N–H and O–H groups in total. The lowest BCUT2D eigenvalue weighted by atomic mass is 10.1. The summed E-state index contributed by atoms with van der Waals surface area (Å²) in [6.07, 6.45) is 0. The lowest BCUT2D eigenvalue weighted by molar-refractivity contribution is -0.0410. The second-order valence-corrected chi connectivity index (χ2v) is 6.90. The lowest BCUT2D eigenvalue weighted by Gasteiger charge is -2.43. The van der Waals surface area contributed by atoms with Crippen molar-refractivity contribution in [2.24, 2.45) is 0 Å². The van der Waals surface area contributed by atoms with E-state index in [2.05, 4.69) is 0 Å². The van der Waals surface area contributed by atoms with E-state index in [9.17, 15) is 9.59 Å². The number of hydrogen-bond donors (Lipinski definition) is 0. The van der Waals surface area contributed by atoms with Gasteiger partial charge in [0.25, 0.3) is 11.8 Å². The van der Waals surface area contributed by atoms with Gasteiger partial charge >= 0.3 is 0 Å². The number of hydrogen-bond acceptors (Lipinski definition) is 3. The van der Waals surface area contributed by atoms with Gasteiger partial charge in [-0.25, -0.2) is 10.0 Å². The molecule has 2 amide bonds. The normalized spacial score (nSPS) is 11.0. The third-order valence-corrected chi connectivity index (χ3v) is 3.96. The summed E-state index contributed by atoms with van der Waals surface area (Å²) in [4.78, 5) is 26.2. The third kappa shape index (κ3) is 4.23. The lowest BCUT2D eigenvalue weighted by Crippen LogP contribution is -2.58. The van der Waals surface area contributed by atoms with Crippen molar-refractivity contribution in [1.82, 2.24) is 10.0 Å². The van der Waals surface area contributed by atoms with Gasteiger partial charge in [0.15, 0.2) is 0 Å². The van der Waals surface area contributed by atoms with Gasteiger partial charge in [0, 0.05) is 17.7 Å². The number of rotatable bonds is 4. The van der Waals surface area contributed by atoms with E-state index in [4.69, 9.17) is 4.74 Å². The van der Waals surface area contributed by atoms with E-state index < -0.39 is 5.54 Å². The largest absolute Gasteiger partial charge is 0.497 e. The minimum Gasteiger partial charge on any atom is -0.497 e. The Bertz CT molecular complexity index is 749. The molecule has 5 nitrogen and oxygen atoms in total. The molecule has 0 saturated carbocycles. The second kappa shape index (κ2) is 8.04. The molecule has 0 radical (unpaired) electrons. The molecule has 0 aliphatic rings. The van der Waals surface area contributed by atoms with E-state index in [-0.39, 0.29) is 11.8 Å². The van der Waals surface area contributed by atoms with Crippen LogP contribution < -0.4 is 4.74 Å². The zero-order chi connectivity index (χ0) is 19.3. The van der Waals surface area contributed by atoms with Crippen LogP contribution in [0, 0.1) is 0 Å². The van der Waals surface area contributed by atoms with Crippen LogP contribution in [0.5, 0.6) is 5.75 Å². The summed E-state index contributed by atoms with van der Waals surface area (Å²) >= 11 is 0. The first-order valence-corrected chi connectivity index (χ1v) is 8.65. The number of hydrazine groups is 1. The maximum absolute atomic E-state index is 13.2. The van der Waals surface area contributed by atoms with Gasteiger partial charge in [-0.3, -0.25) is 9.59 Å². The highest BCUT2D eigenvalue weighted by molar-refractivity contribution is 5.99. The molecule has 0 fully saturated rings. The summed E-state index contributed by atoms with van der Waals surface area (Å²) in [6.45, 7) is 7.98. The maximum atomic E-state index is 13.2. The highest BCUT2D eigenvalue weighted by Gasteiger charge is 2.35. The Labute approximate surface area is 155 Å². The minimum atomic E-state index is -0.572. The molecule has 26 heavy (non-hydrogen) atoms. The predicted molar refractivity (Wildman–Crippen MR) is 102 cm³/mol. The molecule has 0 aliphatic heterocycles. The first kappa shape index (κ1) is 19.5. The Morgan fingerprint density at radius 1 is 0.885 bits per heavy atom. The van der Waals surface area contributed by atoms with Gasteiger partial charge < -0.3 is 4.74 Å². The van der Waals surface area contributed by atoms with Gasteiger partial charge in [0.05, 0.1) is 12.6 Å². The van der Waals surface area contributed by atoms with E-state index in [0.717, 1.165) is 0 Å². The van der Waals surface area contributed by atoms with Crippen LogP contribution >= 0.6 is 0 Å². The Morgan fingerprint density at radius 2 is 1.42 bits per heavy atom. The summed E-state index contributed by atoms with van der Waals surface area (Å²) in [7, 11) is 1.58. The number of amides is 2. The Morgan fingerprint density at radius 3 is 1.88 bits per heavy atom. The summed E-state index contributed by atoms with van der Waals surface area (Å²) in [5, 5.41) is 3.03. The molecular formula is C21H26N2O3. The fraction of sp³-hybridized carbons (Fsp3) is 0.333. The topological polar surface area (TPSA) is 49.9 Å². The maximum Gasteiger partial charge on any atom is 0.272 e. The van der Waals surface area contributed by atoms with Crippen molar-refractivity contribution in [2.45, 2.75) is 33.2 Å². The molecule has 138 valence electrons. The van der Waals surface area contributed by atoms with E-state index in [1.165, 1.54) is 10.0 Å². The quantitative estimate of drug-likeness (QED) is 0.780. The molecule has 0 heterocycles. The van der Waals surface area contributed by atoms with Gasteiger partial charge in [0.1, 0.15) is 5.75 Å². The van der Waals surface area contributed by atoms with Crippen molar-refractivity contribution < 1.29 is 14.3 Å². The Balaban J connectivity index is 2.41. The highest BCUT2D eigenvalue weighted by atomic mass is 16.5. The molecule has 0 atom stereocenters. The van der Waals surface area contributed by atoms with E-state index in [1.54, 1.807) is 43.5 Å². The molecule has 0 aliphatic carbocycles. The molecular weight excluding hydrogens is 328 g/mol. The number of carbonyl (C=O) groups is 2. The Hall–Kier alpha value is -2.82. The molecule has 5 heteroatoms. The van der Waals surface area contributed by atoms with Crippen LogP contribution in [0.4, 0.5) is 0 Å². The number of ether oxygens (including phenoxy) is 1. The monoisotopic (exact) mass is 354 g/mol. The molecule has 2 aromatic rings. The van der Waals surface area contributed by atoms with Crippen molar-refractivity contribution >= 4 is 11.8 Å². The van der Waals surface area contributed by atoms with E-state index >= 15 is 0 Å². The zero-order valence-electron chi connectivity index (χ0n) is 16.0. The number of nitrogens with zero attached hydrogens (tertiary/aromatic N) is 2. The summed E-state index contributed by atoms with van der Waals surface area (Å²) < 4.78 is 5.15. The fourth-order valence-electron chi connectivity index (χ4n) is 2.74. The zero-order valence-corrected chi connectivity index (χ0v) is 16.0. The molecule has 0 spiro atoms. The van der Waals surface area contributed by atoms with Crippen molar-refractivity contribution in [1.29, 1.82) is 0 Å². The van der Waals surface area contributed by atoms with Crippen LogP contribution in [-0.4, -0.2) is 41.0 Å². The number of methoxy groups -OCH3 is 1. The molecule has 0 bridgehead atoms. The average Bonchev–Trinajstić information content (AvgIpc) is 2.64. The van der Waals surface area contributed by atoms with Crippen LogP contribution in [-0.2, 0) is 0 Å². The van der Waals surface area contributed by atoms with Gasteiger partial charge in [-0.1, -0.05) is 18.2 Å². The van der Waals surface area contributed by atoms with Gasteiger partial charge in [-0.05, 0) is 64.1 Å². The van der Waals surface area contributed by atoms with Gasteiger partial charge in [0.2, 0.25) is 0 Å². The molecule has 2 rings (SSSR count). The van der Waals surface area contributed by atoms with Crippen molar-refractivity contribution in [3.05, 3.63) is 65.7 Å². The van der Waals surface area contributed by atoms with Crippen LogP contribution in [0.2, 0.25) is 0 Å². The number of benzene rings is 2. The average molecular weight is 354 g/mol. The van der Waals surface area contributed by atoms with Gasteiger partial charge in [-0.15, -0.1) is 0 Å². The Kier molecular flexibility index (Phi) is 6.03. The van der Waals surface area contributed by atoms with Crippen molar-refractivity contribution in [2.75, 3.05) is 13.7 Å². The highest BCUT2D eigenvalue weighted by Crippen LogP contribution is 2.23. The smallest absolute Gasteiger partial charge is 0.272 e. The van der Waals surface area contributed by atoms with Crippen LogP contribution in [0.15, 0.2) is 54.6 Å². The first-order valence-electron chi connectivity index (χ1n) is 8.65. The van der Waals surface area contributed by atoms with Crippen molar-refractivity contribution in [3.63, 3.8) is 0 Å². The van der Waals surface area contributed by atoms with Gasteiger partial charge in [-0.2, -0.15) is 0 Å². The predicted octanol–water partition coefficient (Wildman–Crippen LogP) is 4.01. The molecule has 0 saturated heterocycles.